The number of carboxylic acid groups (broad SMARTS) is 1. The third kappa shape index (κ3) is 3.67. The van der Waals surface area contributed by atoms with E-state index in [4.69, 9.17) is 0 Å². The highest BCUT2D eigenvalue weighted by Gasteiger charge is 2.49. The molecular formula is C19H24N2O4. The molecule has 0 unspecified atom stereocenters. The number of benzene rings is 1. The van der Waals surface area contributed by atoms with Gasteiger partial charge in [-0.25, -0.2) is 4.79 Å². The van der Waals surface area contributed by atoms with E-state index in [0.29, 0.717) is 13.1 Å². The fraction of sp³-hybridized carbons (Fsp3) is 0.526. The summed E-state index contributed by atoms with van der Waals surface area (Å²) in [5.74, 6) is -1.92. The van der Waals surface area contributed by atoms with Crippen LogP contribution in [0.3, 0.4) is 0 Å². The average Bonchev–Trinajstić information content (AvgIpc) is 3.35. The van der Waals surface area contributed by atoms with Gasteiger partial charge in [-0.05, 0) is 38.2 Å². The molecule has 1 aromatic rings. The minimum Gasteiger partial charge on any atom is -0.480 e. The number of hydrogen-bond donors (Lipinski definition) is 2. The Bertz CT molecular complexity index is 696. The van der Waals surface area contributed by atoms with Gasteiger partial charge in [-0.3, -0.25) is 9.59 Å². The summed E-state index contributed by atoms with van der Waals surface area (Å²) in [6, 6.07) is 7.94. The summed E-state index contributed by atoms with van der Waals surface area (Å²) in [6.07, 6.45) is 1.76. The van der Waals surface area contributed by atoms with Crippen molar-refractivity contribution in [2.45, 2.75) is 45.2 Å². The molecule has 0 radical (unpaired) electrons. The Hall–Kier alpha value is -2.37. The van der Waals surface area contributed by atoms with Gasteiger partial charge in [-0.15, -0.1) is 0 Å². The lowest BCUT2D eigenvalue weighted by Gasteiger charge is -2.27. The van der Waals surface area contributed by atoms with Crippen LogP contribution in [0, 0.1) is 18.8 Å². The van der Waals surface area contributed by atoms with Gasteiger partial charge in [0, 0.05) is 19.5 Å². The SMILES string of the molecule is Cc1ccc(CN2C[C@H](C(=O)N[C@@](C)(C(=O)O)C3CC3)CC2=O)cc1. The molecule has 1 saturated carbocycles. The molecule has 0 bridgehead atoms. The first kappa shape index (κ1) is 17.5. The van der Waals surface area contributed by atoms with E-state index in [1.807, 2.05) is 31.2 Å². The van der Waals surface area contributed by atoms with Gasteiger partial charge in [0.15, 0.2) is 0 Å². The zero-order valence-electron chi connectivity index (χ0n) is 14.6. The summed E-state index contributed by atoms with van der Waals surface area (Å²) in [6.45, 7) is 4.37. The molecule has 6 heteroatoms. The van der Waals surface area contributed by atoms with E-state index in [-0.39, 0.29) is 24.2 Å². The fourth-order valence-electron chi connectivity index (χ4n) is 3.36. The standard InChI is InChI=1S/C19H24N2O4/c1-12-3-5-13(6-4-12)10-21-11-14(9-16(21)22)17(23)20-19(2,18(24)25)15-7-8-15/h3-6,14-15H,7-11H2,1-2H3,(H,20,23)(H,24,25)/t14-,19-/m1/s1. The molecule has 2 N–H and O–H groups in total. The van der Waals surface area contributed by atoms with Crippen LogP contribution >= 0.6 is 0 Å². The van der Waals surface area contributed by atoms with Crippen molar-refractivity contribution in [1.29, 1.82) is 0 Å². The number of rotatable bonds is 6. The Morgan fingerprint density at radius 2 is 1.92 bits per heavy atom. The Morgan fingerprint density at radius 3 is 2.48 bits per heavy atom. The minimum absolute atomic E-state index is 0.0188. The van der Waals surface area contributed by atoms with Crippen molar-refractivity contribution >= 4 is 17.8 Å². The number of carboxylic acids is 1. The maximum absolute atomic E-state index is 12.5. The van der Waals surface area contributed by atoms with E-state index in [9.17, 15) is 19.5 Å². The molecule has 6 nitrogen and oxygen atoms in total. The van der Waals surface area contributed by atoms with Gasteiger partial charge in [0.25, 0.3) is 0 Å². The number of aryl methyl sites for hydroxylation is 1. The van der Waals surface area contributed by atoms with Crippen LogP contribution in [0.1, 0.15) is 37.3 Å². The van der Waals surface area contributed by atoms with Crippen LogP contribution in [-0.4, -0.2) is 39.9 Å². The predicted octanol–water partition coefficient (Wildman–Crippen LogP) is 1.71. The number of carbonyl (C=O) groups is 3. The highest BCUT2D eigenvalue weighted by atomic mass is 16.4. The quantitative estimate of drug-likeness (QED) is 0.822. The molecule has 3 rings (SSSR count). The third-order valence-electron chi connectivity index (χ3n) is 5.30. The average molecular weight is 344 g/mol. The molecule has 2 atom stereocenters. The lowest BCUT2D eigenvalue weighted by Crippen LogP contribution is -2.55. The normalized spacial score (nSPS) is 22.6. The summed E-state index contributed by atoms with van der Waals surface area (Å²) in [5.41, 5.74) is 0.944. The number of amides is 2. The van der Waals surface area contributed by atoms with Crippen LogP contribution in [0.4, 0.5) is 0 Å². The molecule has 1 aliphatic heterocycles. The summed E-state index contributed by atoms with van der Waals surface area (Å²) in [7, 11) is 0. The van der Waals surface area contributed by atoms with Crippen LogP contribution in [0.5, 0.6) is 0 Å². The smallest absolute Gasteiger partial charge is 0.329 e. The summed E-state index contributed by atoms with van der Waals surface area (Å²) < 4.78 is 0. The number of likely N-dealkylation sites (tertiary alicyclic amines) is 1. The van der Waals surface area contributed by atoms with E-state index >= 15 is 0 Å². The van der Waals surface area contributed by atoms with E-state index < -0.39 is 17.4 Å². The van der Waals surface area contributed by atoms with Crippen molar-refractivity contribution in [1.82, 2.24) is 10.2 Å². The van der Waals surface area contributed by atoms with Crippen molar-refractivity contribution < 1.29 is 19.5 Å². The van der Waals surface area contributed by atoms with Crippen molar-refractivity contribution in [2.75, 3.05) is 6.54 Å². The Labute approximate surface area is 147 Å². The van der Waals surface area contributed by atoms with Crippen LogP contribution < -0.4 is 5.32 Å². The van der Waals surface area contributed by atoms with Crippen molar-refractivity contribution in [3.05, 3.63) is 35.4 Å². The lowest BCUT2D eigenvalue weighted by atomic mass is 9.94. The number of aliphatic carboxylic acids is 1. The van der Waals surface area contributed by atoms with Gasteiger partial charge in [0.05, 0.1) is 5.92 Å². The third-order valence-corrected chi connectivity index (χ3v) is 5.30. The molecule has 0 aromatic heterocycles. The van der Waals surface area contributed by atoms with Gasteiger partial charge in [-0.1, -0.05) is 29.8 Å². The zero-order valence-corrected chi connectivity index (χ0v) is 14.6. The van der Waals surface area contributed by atoms with Gasteiger partial charge in [0.1, 0.15) is 5.54 Å². The molecule has 1 saturated heterocycles. The summed E-state index contributed by atoms with van der Waals surface area (Å²) in [4.78, 5) is 38.0. The zero-order chi connectivity index (χ0) is 18.2. The second-order valence-electron chi connectivity index (χ2n) is 7.43. The number of nitrogens with one attached hydrogen (secondary N) is 1. The van der Waals surface area contributed by atoms with Crippen LogP contribution in [0.2, 0.25) is 0 Å². The van der Waals surface area contributed by atoms with Crippen molar-refractivity contribution in [2.24, 2.45) is 11.8 Å². The Balaban J connectivity index is 1.62. The second kappa shape index (κ2) is 6.50. The van der Waals surface area contributed by atoms with Gasteiger partial charge in [0.2, 0.25) is 11.8 Å². The molecular weight excluding hydrogens is 320 g/mol. The molecule has 1 heterocycles. The van der Waals surface area contributed by atoms with E-state index in [2.05, 4.69) is 5.32 Å². The van der Waals surface area contributed by atoms with E-state index in [0.717, 1.165) is 24.0 Å². The Kier molecular flexibility index (Phi) is 4.54. The van der Waals surface area contributed by atoms with Gasteiger partial charge in [-0.2, -0.15) is 0 Å². The lowest BCUT2D eigenvalue weighted by molar-refractivity contribution is -0.148. The first-order valence-corrected chi connectivity index (χ1v) is 8.68. The van der Waals surface area contributed by atoms with Crippen LogP contribution in [-0.2, 0) is 20.9 Å². The number of hydrogen-bond acceptors (Lipinski definition) is 3. The molecule has 134 valence electrons. The molecule has 2 fully saturated rings. The highest BCUT2D eigenvalue weighted by molar-refractivity contribution is 5.92. The Morgan fingerprint density at radius 1 is 1.28 bits per heavy atom. The van der Waals surface area contributed by atoms with E-state index in [1.54, 1.807) is 11.8 Å². The van der Waals surface area contributed by atoms with Gasteiger partial charge >= 0.3 is 5.97 Å². The largest absolute Gasteiger partial charge is 0.480 e. The summed E-state index contributed by atoms with van der Waals surface area (Å²) in [5, 5.41) is 12.2. The van der Waals surface area contributed by atoms with Crippen LogP contribution in [0.25, 0.3) is 0 Å². The summed E-state index contributed by atoms with van der Waals surface area (Å²) >= 11 is 0. The molecule has 1 aliphatic carbocycles. The van der Waals surface area contributed by atoms with Crippen molar-refractivity contribution in [3.63, 3.8) is 0 Å². The monoisotopic (exact) mass is 344 g/mol. The first-order valence-electron chi connectivity index (χ1n) is 8.68. The fourth-order valence-corrected chi connectivity index (χ4v) is 3.36. The topological polar surface area (TPSA) is 86.7 Å². The number of carbonyl (C=O) groups excluding carboxylic acids is 2. The second-order valence-corrected chi connectivity index (χ2v) is 7.43. The van der Waals surface area contributed by atoms with E-state index in [1.165, 1.54) is 0 Å². The minimum atomic E-state index is -1.23. The molecule has 1 aromatic carbocycles. The maximum Gasteiger partial charge on any atom is 0.329 e. The van der Waals surface area contributed by atoms with Crippen molar-refractivity contribution in [3.8, 4) is 0 Å². The van der Waals surface area contributed by atoms with Gasteiger partial charge < -0.3 is 15.3 Å². The number of nitrogens with zero attached hydrogens (tertiary/aromatic N) is 1. The molecule has 2 amide bonds. The first-order chi connectivity index (χ1) is 11.8. The highest BCUT2D eigenvalue weighted by Crippen LogP contribution is 2.40. The molecule has 25 heavy (non-hydrogen) atoms. The molecule has 2 aliphatic rings. The van der Waals surface area contributed by atoms with Crippen LogP contribution in [0.15, 0.2) is 24.3 Å². The maximum atomic E-state index is 12.5. The predicted molar refractivity (Wildman–Crippen MR) is 91.6 cm³/mol. The molecule has 0 spiro atoms.